The number of ether oxygens (including phenoxy) is 1. The number of hydrogen-bond donors (Lipinski definition) is 1. The molecule has 0 aliphatic heterocycles. The Bertz CT molecular complexity index is 369. The zero-order valence-electron chi connectivity index (χ0n) is 11.7. The van der Waals surface area contributed by atoms with Crippen molar-refractivity contribution in [3.8, 4) is 5.75 Å². The van der Waals surface area contributed by atoms with Gasteiger partial charge in [-0.05, 0) is 33.6 Å². The summed E-state index contributed by atoms with van der Waals surface area (Å²) in [4.78, 5) is 2.03. The molecule has 0 saturated heterocycles. The lowest BCUT2D eigenvalue weighted by molar-refractivity contribution is 0.257. The molecule has 1 rings (SSSR count). The first kappa shape index (κ1) is 14.9. The Morgan fingerprint density at radius 1 is 1.39 bits per heavy atom. The predicted molar refractivity (Wildman–Crippen MR) is 72.5 cm³/mol. The summed E-state index contributed by atoms with van der Waals surface area (Å²) in [6.45, 7) is 6.34. The second-order valence-electron chi connectivity index (χ2n) is 4.61. The zero-order valence-corrected chi connectivity index (χ0v) is 11.7. The number of nitrogens with zero attached hydrogens (tertiary/aromatic N) is 1. The lowest BCUT2D eigenvalue weighted by Gasteiger charge is -2.18. The van der Waals surface area contributed by atoms with Crippen LogP contribution in [0.1, 0.15) is 25.5 Å². The number of nitrogens with one attached hydrogen (secondary N) is 1. The van der Waals surface area contributed by atoms with E-state index in [2.05, 4.69) is 12.2 Å². The molecule has 0 aromatic heterocycles. The molecule has 0 amide bonds. The smallest absolute Gasteiger partial charge is 0.127 e. The molecule has 18 heavy (non-hydrogen) atoms. The quantitative estimate of drug-likeness (QED) is 0.809. The molecule has 0 heterocycles. The Kier molecular flexibility index (Phi) is 6.09. The summed E-state index contributed by atoms with van der Waals surface area (Å²) in [5.41, 5.74) is 0.997. The van der Waals surface area contributed by atoms with E-state index in [0.717, 1.165) is 18.7 Å². The van der Waals surface area contributed by atoms with Gasteiger partial charge in [0.05, 0.1) is 0 Å². The van der Waals surface area contributed by atoms with Crippen LogP contribution >= 0.6 is 0 Å². The minimum absolute atomic E-state index is 0.157. The monoisotopic (exact) mass is 254 g/mol. The van der Waals surface area contributed by atoms with Crippen molar-refractivity contribution in [1.29, 1.82) is 0 Å². The second kappa shape index (κ2) is 7.34. The van der Waals surface area contributed by atoms with Crippen molar-refractivity contribution >= 4 is 0 Å². The molecular formula is C14H23FN2O. The SMILES string of the molecule is CCNC(C)c1ccc(F)cc1OCCN(C)C. The maximum absolute atomic E-state index is 13.3. The highest BCUT2D eigenvalue weighted by molar-refractivity contribution is 5.36. The highest BCUT2D eigenvalue weighted by Gasteiger charge is 2.11. The van der Waals surface area contributed by atoms with Crippen LogP contribution in [0.2, 0.25) is 0 Å². The first-order valence-corrected chi connectivity index (χ1v) is 6.35. The van der Waals surface area contributed by atoms with Crippen LogP contribution in [-0.4, -0.2) is 38.7 Å². The van der Waals surface area contributed by atoms with Crippen molar-refractivity contribution < 1.29 is 9.13 Å². The molecule has 102 valence electrons. The van der Waals surface area contributed by atoms with Crippen LogP contribution in [0.5, 0.6) is 5.75 Å². The molecule has 0 radical (unpaired) electrons. The molecule has 0 saturated carbocycles. The molecular weight excluding hydrogens is 231 g/mol. The van der Waals surface area contributed by atoms with E-state index in [1.54, 1.807) is 6.07 Å². The van der Waals surface area contributed by atoms with E-state index >= 15 is 0 Å². The minimum Gasteiger partial charge on any atom is -0.492 e. The Labute approximate surface area is 109 Å². The molecule has 1 atom stereocenters. The molecule has 0 bridgehead atoms. The fourth-order valence-corrected chi connectivity index (χ4v) is 1.75. The Hall–Kier alpha value is -1.13. The average Bonchev–Trinajstić information content (AvgIpc) is 2.29. The van der Waals surface area contributed by atoms with Gasteiger partial charge < -0.3 is 15.0 Å². The van der Waals surface area contributed by atoms with E-state index in [1.165, 1.54) is 12.1 Å². The predicted octanol–water partition coefficient (Wildman–Crippen LogP) is 2.44. The van der Waals surface area contributed by atoms with Gasteiger partial charge in [0.2, 0.25) is 0 Å². The lowest BCUT2D eigenvalue weighted by atomic mass is 10.1. The van der Waals surface area contributed by atoms with Gasteiger partial charge in [-0.3, -0.25) is 0 Å². The first-order valence-electron chi connectivity index (χ1n) is 6.35. The Morgan fingerprint density at radius 3 is 2.72 bits per heavy atom. The van der Waals surface area contributed by atoms with Crippen molar-refractivity contribution in [2.75, 3.05) is 33.8 Å². The summed E-state index contributed by atoms with van der Waals surface area (Å²) in [5, 5.41) is 3.31. The van der Waals surface area contributed by atoms with Gasteiger partial charge in [-0.1, -0.05) is 13.0 Å². The molecule has 0 fully saturated rings. The molecule has 0 spiro atoms. The van der Waals surface area contributed by atoms with Gasteiger partial charge in [0.1, 0.15) is 18.2 Å². The van der Waals surface area contributed by atoms with Gasteiger partial charge in [-0.15, -0.1) is 0 Å². The number of rotatable bonds is 7. The molecule has 0 aliphatic rings. The number of halogens is 1. The highest BCUT2D eigenvalue weighted by atomic mass is 19.1. The maximum atomic E-state index is 13.3. The van der Waals surface area contributed by atoms with Crippen molar-refractivity contribution in [2.24, 2.45) is 0 Å². The van der Waals surface area contributed by atoms with Gasteiger partial charge in [0.15, 0.2) is 0 Å². The number of benzene rings is 1. The van der Waals surface area contributed by atoms with Crippen LogP contribution in [0.4, 0.5) is 4.39 Å². The molecule has 4 heteroatoms. The highest BCUT2D eigenvalue weighted by Crippen LogP contribution is 2.26. The van der Waals surface area contributed by atoms with Gasteiger partial charge in [-0.2, -0.15) is 0 Å². The van der Waals surface area contributed by atoms with Crippen LogP contribution in [0.15, 0.2) is 18.2 Å². The normalized spacial score (nSPS) is 12.8. The summed E-state index contributed by atoms with van der Waals surface area (Å²) in [5.74, 6) is 0.368. The Balaban J connectivity index is 2.76. The number of hydrogen-bond acceptors (Lipinski definition) is 3. The van der Waals surface area contributed by atoms with Crippen molar-refractivity contribution in [3.63, 3.8) is 0 Å². The third kappa shape index (κ3) is 4.63. The van der Waals surface area contributed by atoms with Crippen molar-refractivity contribution in [2.45, 2.75) is 19.9 Å². The summed E-state index contributed by atoms with van der Waals surface area (Å²) >= 11 is 0. The van der Waals surface area contributed by atoms with E-state index in [9.17, 15) is 4.39 Å². The van der Waals surface area contributed by atoms with Crippen LogP contribution in [0.25, 0.3) is 0 Å². The molecule has 1 N–H and O–H groups in total. The Morgan fingerprint density at radius 2 is 2.11 bits per heavy atom. The maximum Gasteiger partial charge on any atom is 0.127 e. The topological polar surface area (TPSA) is 24.5 Å². The second-order valence-corrected chi connectivity index (χ2v) is 4.61. The average molecular weight is 254 g/mol. The van der Waals surface area contributed by atoms with E-state index < -0.39 is 0 Å². The molecule has 1 aromatic carbocycles. The molecule has 1 unspecified atom stereocenters. The van der Waals surface area contributed by atoms with Crippen molar-refractivity contribution in [3.05, 3.63) is 29.6 Å². The number of likely N-dealkylation sites (N-methyl/N-ethyl adjacent to an activating group) is 1. The van der Waals surface area contributed by atoms with Crippen LogP contribution in [-0.2, 0) is 0 Å². The van der Waals surface area contributed by atoms with Crippen LogP contribution < -0.4 is 10.1 Å². The minimum atomic E-state index is -0.262. The standard InChI is InChI=1S/C14H23FN2O/c1-5-16-11(2)13-7-6-12(15)10-14(13)18-9-8-17(3)4/h6-7,10-11,16H,5,8-9H2,1-4H3. The van der Waals surface area contributed by atoms with Gasteiger partial charge in [-0.25, -0.2) is 4.39 Å². The zero-order chi connectivity index (χ0) is 13.5. The fourth-order valence-electron chi connectivity index (χ4n) is 1.75. The van der Waals surface area contributed by atoms with E-state index in [1.807, 2.05) is 25.9 Å². The summed E-state index contributed by atoms with van der Waals surface area (Å²) in [7, 11) is 3.97. The van der Waals surface area contributed by atoms with E-state index in [0.29, 0.717) is 12.4 Å². The third-order valence-corrected chi connectivity index (χ3v) is 2.75. The summed E-state index contributed by atoms with van der Waals surface area (Å²) in [6.07, 6.45) is 0. The largest absolute Gasteiger partial charge is 0.492 e. The van der Waals surface area contributed by atoms with Gasteiger partial charge in [0.25, 0.3) is 0 Å². The molecule has 1 aromatic rings. The summed E-state index contributed by atoms with van der Waals surface area (Å²) in [6, 6.07) is 4.87. The fraction of sp³-hybridized carbons (Fsp3) is 0.571. The van der Waals surface area contributed by atoms with Crippen LogP contribution in [0.3, 0.4) is 0 Å². The summed E-state index contributed by atoms with van der Waals surface area (Å²) < 4.78 is 18.9. The first-order chi connectivity index (χ1) is 8.54. The molecule has 3 nitrogen and oxygen atoms in total. The molecule has 0 aliphatic carbocycles. The lowest BCUT2D eigenvalue weighted by Crippen LogP contribution is -2.21. The third-order valence-electron chi connectivity index (χ3n) is 2.75. The van der Waals surface area contributed by atoms with E-state index in [4.69, 9.17) is 4.74 Å². The van der Waals surface area contributed by atoms with Crippen LogP contribution in [0, 0.1) is 5.82 Å². The van der Waals surface area contributed by atoms with Gasteiger partial charge >= 0.3 is 0 Å². The van der Waals surface area contributed by atoms with E-state index in [-0.39, 0.29) is 11.9 Å². The van der Waals surface area contributed by atoms with Crippen molar-refractivity contribution in [1.82, 2.24) is 10.2 Å². The van der Waals surface area contributed by atoms with Gasteiger partial charge in [0, 0.05) is 24.2 Å².